The van der Waals surface area contributed by atoms with Gasteiger partial charge >= 0.3 is 5.97 Å². The van der Waals surface area contributed by atoms with Crippen molar-refractivity contribution in [3.63, 3.8) is 0 Å². The van der Waals surface area contributed by atoms with Gasteiger partial charge in [0.05, 0.1) is 12.2 Å². The van der Waals surface area contributed by atoms with Crippen LogP contribution in [0.5, 0.6) is 0 Å². The van der Waals surface area contributed by atoms with Gasteiger partial charge in [0.1, 0.15) is 6.61 Å². The minimum atomic E-state index is -0.281. The molecule has 0 saturated heterocycles. The number of carbonyl (C=O) groups is 1. The number of ether oxygens (including phenoxy) is 2. The number of unbranched alkanes of at least 4 members (excludes halogenated alkanes) is 1. The van der Waals surface area contributed by atoms with Crippen molar-refractivity contribution >= 4 is 5.97 Å². The number of benzene rings is 1. The van der Waals surface area contributed by atoms with Gasteiger partial charge in [-0.25, -0.2) is 4.79 Å². The highest BCUT2D eigenvalue weighted by Crippen LogP contribution is 2.06. The third-order valence-corrected chi connectivity index (χ3v) is 2.70. The van der Waals surface area contributed by atoms with Crippen LogP contribution in [-0.4, -0.2) is 25.8 Å². The lowest BCUT2D eigenvalue weighted by atomic mass is 10.1. The fourth-order valence-electron chi connectivity index (χ4n) is 1.50. The van der Waals surface area contributed by atoms with E-state index in [-0.39, 0.29) is 5.97 Å². The minimum absolute atomic E-state index is 0.281. The number of carbonyl (C=O) groups excluding carboxylic acids is 1. The first-order chi connectivity index (χ1) is 8.77. The summed E-state index contributed by atoms with van der Waals surface area (Å²) in [4.78, 5) is 11.7. The molecule has 0 radical (unpaired) electrons. The van der Waals surface area contributed by atoms with Crippen molar-refractivity contribution in [2.24, 2.45) is 0 Å². The third kappa shape index (κ3) is 5.32. The molecule has 0 atom stereocenters. The van der Waals surface area contributed by atoms with Crippen LogP contribution in [0.1, 0.15) is 42.6 Å². The lowest BCUT2D eigenvalue weighted by Gasteiger charge is -2.06. The zero-order valence-electron chi connectivity index (χ0n) is 11.3. The number of esters is 1. The Kier molecular flexibility index (Phi) is 7.11. The first-order valence-corrected chi connectivity index (χ1v) is 6.61. The van der Waals surface area contributed by atoms with Gasteiger partial charge in [-0.3, -0.25) is 0 Å². The Balaban J connectivity index is 2.23. The molecule has 1 aromatic carbocycles. The minimum Gasteiger partial charge on any atom is -0.460 e. The number of hydrogen-bond donors (Lipinski definition) is 0. The van der Waals surface area contributed by atoms with Crippen LogP contribution in [0.3, 0.4) is 0 Å². The predicted molar refractivity (Wildman–Crippen MR) is 71.8 cm³/mol. The lowest BCUT2D eigenvalue weighted by molar-refractivity contribution is 0.0314. The second-order valence-corrected chi connectivity index (χ2v) is 4.15. The second kappa shape index (κ2) is 8.70. The first-order valence-electron chi connectivity index (χ1n) is 6.61. The molecule has 1 rings (SSSR count). The summed E-state index contributed by atoms with van der Waals surface area (Å²) in [5.41, 5.74) is 1.82. The summed E-state index contributed by atoms with van der Waals surface area (Å²) in [6.45, 7) is 5.72. The molecule has 0 saturated carbocycles. The number of hydrogen-bond acceptors (Lipinski definition) is 3. The van der Waals surface area contributed by atoms with Gasteiger partial charge in [0, 0.05) is 6.61 Å². The topological polar surface area (TPSA) is 35.5 Å². The van der Waals surface area contributed by atoms with E-state index in [1.54, 1.807) is 12.1 Å². The smallest absolute Gasteiger partial charge is 0.338 e. The van der Waals surface area contributed by atoms with Gasteiger partial charge in [-0.15, -0.1) is 0 Å². The van der Waals surface area contributed by atoms with E-state index in [0.717, 1.165) is 25.9 Å². The molecule has 1 aromatic rings. The molecule has 18 heavy (non-hydrogen) atoms. The molecular formula is C15H22O3. The van der Waals surface area contributed by atoms with E-state index in [2.05, 4.69) is 13.8 Å². The Bertz CT molecular complexity index is 343. The predicted octanol–water partition coefficient (Wildman–Crippen LogP) is 3.22. The van der Waals surface area contributed by atoms with Crippen molar-refractivity contribution in [3.8, 4) is 0 Å². The van der Waals surface area contributed by atoms with E-state index in [1.807, 2.05) is 12.1 Å². The fourth-order valence-corrected chi connectivity index (χ4v) is 1.50. The van der Waals surface area contributed by atoms with Gasteiger partial charge in [-0.1, -0.05) is 32.4 Å². The van der Waals surface area contributed by atoms with Gasteiger partial charge in [0.2, 0.25) is 0 Å². The highest BCUT2D eigenvalue weighted by atomic mass is 16.6. The maximum atomic E-state index is 11.7. The zero-order chi connectivity index (χ0) is 13.2. The normalized spacial score (nSPS) is 10.3. The first kappa shape index (κ1) is 14.7. The molecule has 0 fully saturated rings. The van der Waals surface area contributed by atoms with E-state index >= 15 is 0 Å². The van der Waals surface area contributed by atoms with Crippen molar-refractivity contribution in [1.29, 1.82) is 0 Å². The van der Waals surface area contributed by atoms with E-state index in [1.165, 1.54) is 5.56 Å². The van der Waals surface area contributed by atoms with Crippen LogP contribution < -0.4 is 0 Å². The van der Waals surface area contributed by atoms with Gasteiger partial charge in [0.25, 0.3) is 0 Å². The van der Waals surface area contributed by atoms with Crippen molar-refractivity contribution in [3.05, 3.63) is 35.4 Å². The van der Waals surface area contributed by atoms with Crippen molar-refractivity contribution in [1.82, 2.24) is 0 Å². The zero-order valence-corrected chi connectivity index (χ0v) is 11.3. The van der Waals surface area contributed by atoms with Crippen LogP contribution in [0.25, 0.3) is 0 Å². The Morgan fingerprint density at radius 2 is 1.78 bits per heavy atom. The second-order valence-electron chi connectivity index (χ2n) is 4.15. The molecule has 0 heterocycles. The average molecular weight is 250 g/mol. The molecule has 0 N–H and O–H groups in total. The van der Waals surface area contributed by atoms with E-state index < -0.39 is 0 Å². The monoisotopic (exact) mass is 250 g/mol. The lowest BCUT2D eigenvalue weighted by Crippen LogP contribution is -2.11. The maximum absolute atomic E-state index is 11.7. The van der Waals surface area contributed by atoms with Crippen LogP contribution in [0.2, 0.25) is 0 Å². The Labute approximate surface area is 109 Å². The third-order valence-electron chi connectivity index (χ3n) is 2.70. The summed E-state index contributed by atoms with van der Waals surface area (Å²) in [6, 6.07) is 7.51. The molecule has 0 amide bonds. The summed E-state index contributed by atoms with van der Waals surface area (Å²) < 4.78 is 10.4. The molecule has 0 unspecified atom stereocenters. The largest absolute Gasteiger partial charge is 0.460 e. The molecule has 0 bridgehead atoms. The highest BCUT2D eigenvalue weighted by Gasteiger charge is 2.06. The average Bonchev–Trinajstić information content (AvgIpc) is 2.42. The van der Waals surface area contributed by atoms with Crippen LogP contribution in [0.15, 0.2) is 24.3 Å². The highest BCUT2D eigenvalue weighted by molar-refractivity contribution is 5.89. The molecule has 3 nitrogen and oxygen atoms in total. The van der Waals surface area contributed by atoms with Crippen molar-refractivity contribution in [2.45, 2.75) is 33.1 Å². The van der Waals surface area contributed by atoms with Crippen molar-refractivity contribution < 1.29 is 14.3 Å². The molecule has 0 aliphatic carbocycles. The van der Waals surface area contributed by atoms with Crippen LogP contribution >= 0.6 is 0 Å². The SMILES string of the molecule is CCCCOCCOC(=O)c1ccc(CC)cc1. The molecule has 100 valence electrons. The van der Waals surface area contributed by atoms with Gasteiger partial charge in [0.15, 0.2) is 0 Å². The van der Waals surface area contributed by atoms with E-state index in [0.29, 0.717) is 18.8 Å². The molecule has 3 heteroatoms. The Morgan fingerprint density at radius 1 is 1.06 bits per heavy atom. The summed E-state index contributed by atoms with van der Waals surface area (Å²) >= 11 is 0. The van der Waals surface area contributed by atoms with E-state index in [9.17, 15) is 4.79 Å². The summed E-state index contributed by atoms with van der Waals surface area (Å²) in [5, 5.41) is 0. The maximum Gasteiger partial charge on any atom is 0.338 e. The molecule has 0 aliphatic heterocycles. The van der Waals surface area contributed by atoms with Gasteiger partial charge < -0.3 is 9.47 Å². The quantitative estimate of drug-likeness (QED) is 0.525. The molecule has 0 aliphatic rings. The van der Waals surface area contributed by atoms with Gasteiger partial charge in [-0.2, -0.15) is 0 Å². The van der Waals surface area contributed by atoms with Crippen LogP contribution in [-0.2, 0) is 15.9 Å². The Morgan fingerprint density at radius 3 is 2.39 bits per heavy atom. The number of rotatable bonds is 8. The van der Waals surface area contributed by atoms with Crippen LogP contribution in [0, 0.1) is 0 Å². The van der Waals surface area contributed by atoms with Crippen LogP contribution in [0.4, 0.5) is 0 Å². The molecular weight excluding hydrogens is 228 g/mol. The number of aryl methyl sites for hydroxylation is 1. The van der Waals surface area contributed by atoms with Crippen molar-refractivity contribution in [2.75, 3.05) is 19.8 Å². The summed E-state index contributed by atoms with van der Waals surface area (Å²) in [7, 11) is 0. The molecule has 0 spiro atoms. The van der Waals surface area contributed by atoms with Gasteiger partial charge in [-0.05, 0) is 30.5 Å². The standard InChI is InChI=1S/C15H22O3/c1-3-5-10-17-11-12-18-15(16)14-8-6-13(4-2)7-9-14/h6-9H,3-5,10-12H2,1-2H3. The fraction of sp³-hybridized carbons (Fsp3) is 0.533. The summed E-state index contributed by atoms with van der Waals surface area (Å²) in [5.74, 6) is -0.281. The summed E-state index contributed by atoms with van der Waals surface area (Å²) in [6.07, 6.45) is 3.14. The molecule has 0 aromatic heterocycles. The van der Waals surface area contributed by atoms with E-state index in [4.69, 9.17) is 9.47 Å². The Hall–Kier alpha value is -1.35.